The summed E-state index contributed by atoms with van der Waals surface area (Å²) >= 11 is 0. The first-order chi connectivity index (χ1) is 6.15. The Bertz CT molecular complexity index is 347. The zero-order valence-electron chi connectivity index (χ0n) is 6.59. The molecular formula is C9H6F2O2. The quantitative estimate of drug-likeness (QED) is 0.399. The highest BCUT2D eigenvalue weighted by Crippen LogP contribution is 2.18. The average Bonchev–Trinajstić information content (AvgIpc) is 2.13. The molecule has 0 N–H and O–H groups in total. The smallest absolute Gasteiger partial charge is 0.335 e. The molecule has 0 aromatic heterocycles. The monoisotopic (exact) mass is 184 g/mol. The van der Waals surface area contributed by atoms with Crippen LogP contribution in [0, 0.1) is 11.6 Å². The van der Waals surface area contributed by atoms with Gasteiger partial charge in [0, 0.05) is 6.08 Å². The fraction of sp³-hybridized carbons (Fsp3) is 0. The van der Waals surface area contributed by atoms with Crippen molar-refractivity contribution in [3.05, 3.63) is 42.5 Å². The van der Waals surface area contributed by atoms with Crippen molar-refractivity contribution in [2.75, 3.05) is 0 Å². The molecule has 0 aliphatic carbocycles. The van der Waals surface area contributed by atoms with Crippen molar-refractivity contribution in [3.8, 4) is 5.75 Å². The molecule has 0 heterocycles. The molecule has 0 bridgehead atoms. The van der Waals surface area contributed by atoms with Gasteiger partial charge in [-0.25, -0.2) is 9.18 Å². The average molecular weight is 184 g/mol. The zero-order valence-corrected chi connectivity index (χ0v) is 6.59. The molecule has 0 spiro atoms. The second-order valence-corrected chi connectivity index (χ2v) is 2.18. The maximum atomic E-state index is 12.8. The first-order valence-corrected chi connectivity index (χ1v) is 3.43. The molecule has 0 aliphatic heterocycles. The Morgan fingerprint density at radius 3 is 2.77 bits per heavy atom. The van der Waals surface area contributed by atoms with Crippen molar-refractivity contribution >= 4 is 5.97 Å². The van der Waals surface area contributed by atoms with E-state index in [0.29, 0.717) is 0 Å². The van der Waals surface area contributed by atoms with Crippen LogP contribution < -0.4 is 4.74 Å². The number of hydrogen-bond acceptors (Lipinski definition) is 2. The van der Waals surface area contributed by atoms with E-state index < -0.39 is 23.4 Å². The van der Waals surface area contributed by atoms with Gasteiger partial charge in [-0.1, -0.05) is 12.6 Å². The Morgan fingerprint density at radius 1 is 1.46 bits per heavy atom. The van der Waals surface area contributed by atoms with Gasteiger partial charge in [0.25, 0.3) is 0 Å². The zero-order chi connectivity index (χ0) is 9.84. The lowest BCUT2D eigenvalue weighted by Crippen LogP contribution is -2.05. The van der Waals surface area contributed by atoms with E-state index in [2.05, 4.69) is 11.3 Å². The van der Waals surface area contributed by atoms with Gasteiger partial charge < -0.3 is 4.74 Å². The lowest BCUT2D eigenvalue weighted by molar-refractivity contribution is -0.129. The number of carbonyl (C=O) groups excluding carboxylic acids is 1. The topological polar surface area (TPSA) is 26.3 Å². The van der Waals surface area contributed by atoms with Crippen LogP contribution >= 0.6 is 0 Å². The van der Waals surface area contributed by atoms with Crippen LogP contribution in [0.1, 0.15) is 0 Å². The predicted octanol–water partition coefficient (Wildman–Crippen LogP) is 2.06. The van der Waals surface area contributed by atoms with Crippen molar-refractivity contribution in [2.45, 2.75) is 0 Å². The fourth-order valence-corrected chi connectivity index (χ4v) is 0.713. The van der Waals surface area contributed by atoms with Gasteiger partial charge >= 0.3 is 5.97 Å². The van der Waals surface area contributed by atoms with Gasteiger partial charge in [-0.2, -0.15) is 4.39 Å². The van der Waals surface area contributed by atoms with Crippen LogP contribution in [0.2, 0.25) is 0 Å². The molecule has 2 nitrogen and oxygen atoms in total. The van der Waals surface area contributed by atoms with E-state index in [0.717, 1.165) is 18.2 Å². The first kappa shape index (κ1) is 9.38. The standard InChI is InChI=1S/C9H6F2O2/c1-2-8(12)13-7-5-3-4-6(10)9(7)11/h2-5H,1H2. The van der Waals surface area contributed by atoms with E-state index in [4.69, 9.17) is 0 Å². The number of benzene rings is 1. The number of ether oxygens (including phenoxy) is 1. The third-order valence-electron chi connectivity index (χ3n) is 1.29. The lowest BCUT2D eigenvalue weighted by atomic mass is 10.3. The number of esters is 1. The Kier molecular flexibility index (Phi) is 2.74. The number of hydrogen-bond donors (Lipinski definition) is 0. The Labute approximate surface area is 73.4 Å². The van der Waals surface area contributed by atoms with Crippen molar-refractivity contribution < 1.29 is 18.3 Å². The minimum Gasteiger partial charge on any atom is -0.420 e. The minimum absolute atomic E-state index is 0.440. The van der Waals surface area contributed by atoms with Crippen LogP contribution in [0.15, 0.2) is 30.9 Å². The Hall–Kier alpha value is -1.71. The summed E-state index contributed by atoms with van der Waals surface area (Å²) < 4.78 is 29.8. The van der Waals surface area contributed by atoms with Crippen LogP contribution in [0.4, 0.5) is 8.78 Å². The molecule has 0 saturated heterocycles. The molecule has 68 valence electrons. The maximum absolute atomic E-state index is 12.8. The molecular weight excluding hydrogens is 178 g/mol. The first-order valence-electron chi connectivity index (χ1n) is 3.43. The summed E-state index contributed by atoms with van der Waals surface area (Å²) in [6.07, 6.45) is 0.865. The van der Waals surface area contributed by atoms with Gasteiger partial charge in [0.1, 0.15) is 0 Å². The SMILES string of the molecule is C=CC(=O)Oc1cccc(F)c1F. The van der Waals surface area contributed by atoms with Crippen LogP contribution in [0.5, 0.6) is 5.75 Å². The summed E-state index contributed by atoms with van der Waals surface area (Å²) in [5.41, 5.74) is 0. The van der Waals surface area contributed by atoms with Crippen LogP contribution in [0.3, 0.4) is 0 Å². The summed E-state index contributed by atoms with van der Waals surface area (Å²) in [7, 11) is 0. The highest BCUT2D eigenvalue weighted by Gasteiger charge is 2.10. The van der Waals surface area contributed by atoms with Gasteiger partial charge in [0.2, 0.25) is 5.82 Å². The van der Waals surface area contributed by atoms with Crippen molar-refractivity contribution in [2.24, 2.45) is 0 Å². The highest BCUT2D eigenvalue weighted by atomic mass is 19.2. The van der Waals surface area contributed by atoms with E-state index >= 15 is 0 Å². The van der Waals surface area contributed by atoms with Crippen molar-refractivity contribution in [1.29, 1.82) is 0 Å². The van der Waals surface area contributed by atoms with Crippen LogP contribution in [-0.2, 0) is 4.79 Å². The lowest BCUT2D eigenvalue weighted by Gasteiger charge is -2.02. The Morgan fingerprint density at radius 2 is 2.15 bits per heavy atom. The maximum Gasteiger partial charge on any atom is 0.335 e. The molecule has 1 aromatic rings. The molecule has 4 heteroatoms. The molecule has 0 fully saturated rings. The summed E-state index contributed by atoms with van der Waals surface area (Å²) in [5.74, 6) is -3.51. The van der Waals surface area contributed by atoms with E-state index in [1.807, 2.05) is 0 Å². The summed E-state index contributed by atoms with van der Waals surface area (Å²) in [6, 6.07) is 3.32. The number of rotatable bonds is 2. The molecule has 0 atom stereocenters. The molecule has 0 amide bonds. The second kappa shape index (κ2) is 3.80. The second-order valence-electron chi connectivity index (χ2n) is 2.18. The largest absolute Gasteiger partial charge is 0.420 e. The molecule has 13 heavy (non-hydrogen) atoms. The summed E-state index contributed by atoms with van der Waals surface area (Å²) in [6.45, 7) is 3.12. The van der Waals surface area contributed by atoms with Gasteiger partial charge in [-0.3, -0.25) is 0 Å². The normalized spacial score (nSPS) is 9.38. The molecule has 1 rings (SSSR count). The van der Waals surface area contributed by atoms with Crippen LogP contribution in [-0.4, -0.2) is 5.97 Å². The molecule has 0 aliphatic rings. The molecule has 1 aromatic carbocycles. The van der Waals surface area contributed by atoms with E-state index in [1.165, 1.54) is 6.07 Å². The van der Waals surface area contributed by atoms with E-state index in [1.54, 1.807) is 0 Å². The van der Waals surface area contributed by atoms with E-state index in [9.17, 15) is 13.6 Å². The molecule has 0 saturated carbocycles. The minimum atomic E-state index is -1.18. The van der Waals surface area contributed by atoms with Gasteiger partial charge in [-0.05, 0) is 12.1 Å². The number of halogens is 2. The van der Waals surface area contributed by atoms with Gasteiger partial charge in [0.05, 0.1) is 0 Å². The molecule has 0 unspecified atom stereocenters. The van der Waals surface area contributed by atoms with Gasteiger partial charge in [0.15, 0.2) is 11.6 Å². The van der Waals surface area contributed by atoms with Crippen LogP contribution in [0.25, 0.3) is 0 Å². The predicted molar refractivity (Wildman–Crippen MR) is 42.2 cm³/mol. The van der Waals surface area contributed by atoms with Crippen molar-refractivity contribution in [3.63, 3.8) is 0 Å². The number of carbonyl (C=O) groups is 1. The summed E-state index contributed by atoms with van der Waals surface area (Å²) in [5, 5.41) is 0. The third-order valence-corrected chi connectivity index (χ3v) is 1.29. The highest BCUT2D eigenvalue weighted by molar-refractivity contribution is 5.83. The van der Waals surface area contributed by atoms with Crippen molar-refractivity contribution in [1.82, 2.24) is 0 Å². The fourth-order valence-electron chi connectivity index (χ4n) is 0.713. The van der Waals surface area contributed by atoms with E-state index in [-0.39, 0.29) is 0 Å². The third kappa shape index (κ3) is 2.11. The molecule has 0 radical (unpaired) electrons. The Balaban J connectivity index is 2.95. The summed E-state index contributed by atoms with van der Waals surface area (Å²) in [4.78, 5) is 10.6. The van der Waals surface area contributed by atoms with Gasteiger partial charge in [-0.15, -0.1) is 0 Å².